The van der Waals surface area contributed by atoms with E-state index < -0.39 is 16.4 Å². The van der Waals surface area contributed by atoms with Crippen LogP contribution in [0.25, 0.3) is 0 Å². The number of phenols is 1. The minimum atomic E-state index is -0.831. The Morgan fingerprint density at radius 3 is 2.68 bits per heavy atom. The van der Waals surface area contributed by atoms with E-state index >= 15 is 0 Å². The molecule has 19 heavy (non-hydrogen) atoms. The summed E-state index contributed by atoms with van der Waals surface area (Å²) in [7, 11) is 0. The molecular formula is C12H7ClFNO4. The van der Waals surface area contributed by atoms with Gasteiger partial charge in [0.25, 0.3) is 0 Å². The standard InChI is InChI=1S/C12H7ClFNO4/c13-9-5-11(15(17)18)12(6-10(9)14)19-8-3-1-2-7(16)4-8/h1-6,16H. The fourth-order valence-electron chi connectivity index (χ4n) is 1.42. The number of halogens is 2. The van der Waals surface area contributed by atoms with Crippen molar-refractivity contribution in [2.75, 3.05) is 0 Å². The lowest BCUT2D eigenvalue weighted by atomic mass is 10.2. The van der Waals surface area contributed by atoms with Crippen molar-refractivity contribution in [3.63, 3.8) is 0 Å². The number of aromatic hydroxyl groups is 1. The van der Waals surface area contributed by atoms with E-state index in [1.54, 1.807) is 0 Å². The molecule has 0 bridgehead atoms. The highest BCUT2D eigenvalue weighted by Crippen LogP contribution is 2.35. The second-order valence-electron chi connectivity index (χ2n) is 3.59. The summed E-state index contributed by atoms with van der Waals surface area (Å²) in [6, 6.07) is 7.30. The van der Waals surface area contributed by atoms with E-state index in [-0.39, 0.29) is 22.3 Å². The second-order valence-corrected chi connectivity index (χ2v) is 4.00. The predicted molar refractivity (Wildman–Crippen MR) is 66.2 cm³/mol. The maximum absolute atomic E-state index is 13.3. The molecule has 2 aromatic rings. The molecule has 5 nitrogen and oxygen atoms in total. The average Bonchev–Trinajstić information content (AvgIpc) is 2.33. The third-order valence-corrected chi connectivity index (χ3v) is 2.53. The van der Waals surface area contributed by atoms with Crippen LogP contribution in [0.2, 0.25) is 5.02 Å². The Morgan fingerprint density at radius 1 is 1.32 bits per heavy atom. The molecule has 2 aromatic carbocycles. The van der Waals surface area contributed by atoms with Crippen molar-refractivity contribution >= 4 is 17.3 Å². The summed E-state index contributed by atoms with van der Waals surface area (Å²) in [6.45, 7) is 0. The molecule has 0 amide bonds. The molecule has 1 N–H and O–H groups in total. The molecule has 0 saturated carbocycles. The van der Waals surface area contributed by atoms with Crippen LogP contribution in [0, 0.1) is 15.9 Å². The van der Waals surface area contributed by atoms with Crippen LogP contribution in [0.5, 0.6) is 17.2 Å². The molecule has 98 valence electrons. The molecule has 0 radical (unpaired) electrons. The molecule has 0 heterocycles. The summed E-state index contributed by atoms with van der Waals surface area (Å²) in [5, 5.41) is 19.7. The van der Waals surface area contributed by atoms with Gasteiger partial charge in [0.05, 0.1) is 9.95 Å². The van der Waals surface area contributed by atoms with E-state index in [4.69, 9.17) is 16.3 Å². The maximum Gasteiger partial charge on any atom is 0.313 e. The van der Waals surface area contributed by atoms with Crippen molar-refractivity contribution in [2.24, 2.45) is 0 Å². The van der Waals surface area contributed by atoms with Crippen molar-refractivity contribution in [3.05, 3.63) is 57.4 Å². The smallest absolute Gasteiger partial charge is 0.313 e. The third kappa shape index (κ3) is 2.92. The lowest BCUT2D eigenvalue weighted by molar-refractivity contribution is -0.385. The molecule has 0 unspecified atom stereocenters. The van der Waals surface area contributed by atoms with Gasteiger partial charge in [-0.25, -0.2) is 4.39 Å². The highest BCUT2D eigenvalue weighted by atomic mass is 35.5. The third-order valence-electron chi connectivity index (χ3n) is 2.24. The van der Waals surface area contributed by atoms with Crippen LogP contribution < -0.4 is 4.74 Å². The van der Waals surface area contributed by atoms with Gasteiger partial charge in [-0.3, -0.25) is 10.1 Å². The Hall–Kier alpha value is -2.34. The van der Waals surface area contributed by atoms with Gasteiger partial charge >= 0.3 is 5.69 Å². The molecule has 0 saturated heterocycles. The van der Waals surface area contributed by atoms with E-state index in [1.807, 2.05) is 0 Å². The van der Waals surface area contributed by atoms with E-state index in [0.717, 1.165) is 12.1 Å². The van der Waals surface area contributed by atoms with Gasteiger partial charge < -0.3 is 9.84 Å². The number of ether oxygens (including phenoxy) is 1. The summed E-state index contributed by atoms with van der Waals surface area (Å²) >= 11 is 5.48. The Morgan fingerprint density at radius 2 is 2.05 bits per heavy atom. The largest absolute Gasteiger partial charge is 0.508 e. The van der Waals surface area contributed by atoms with Gasteiger partial charge in [-0.15, -0.1) is 0 Å². The summed E-state index contributed by atoms with van der Waals surface area (Å²) in [5.41, 5.74) is -0.463. The lowest BCUT2D eigenvalue weighted by Gasteiger charge is -2.07. The van der Waals surface area contributed by atoms with E-state index in [2.05, 4.69) is 0 Å². The zero-order valence-electron chi connectivity index (χ0n) is 9.34. The minimum absolute atomic E-state index is 0.0745. The average molecular weight is 284 g/mol. The van der Waals surface area contributed by atoms with Crippen LogP contribution in [0.1, 0.15) is 0 Å². The number of phenolic OH excluding ortho intramolecular Hbond substituents is 1. The Balaban J connectivity index is 2.44. The lowest BCUT2D eigenvalue weighted by Crippen LogP contribution is -1.95. The molecule has 7 heteroatoms. The Kier molecular flexibility index (Phi) is 3.52. The predicted octanol–water partition coefficient (Wildman–Crippen LogP) is 3.89. The van der Waals surface area contributed by atoms with Crippen molar-refractivity contribution in [1.29, 1.82) is 0 Å². The first-order chi connectivity index (χ1) is 8.97. The number of nitrogens with zero attached hydrogens (tertiary/aromatic N) is 1. The van der Waals surface area contributed by atoms with Gasteiger partial charge in [0.2, 0.25) is 5.75 Å². The molecule has 0 aromatic heterocycles. The van der Waals surface area contributed by atoms with Gasteiger partial charge in [0, 0.05) is 18.2 Å². The molecule has 0 aliphatic carbocycles. The van der Waals surface area contributed by atoms with Crippen LogP contribution in [-0.2, 0) is 0 Å². The fraction of sp³-hybridized carbons (Fsp3) is 0. The zero-order valence-corrected chi connectivity index (χ0v) is 10.1. The van der Waals surface area contributed by atoms with Crippen LogP contribution >= 0.6 is 11.6 Å². The highest BCUT2D eigenvalue weighted by molar-refractivity contribution is 6.31. The van der Waals surface area contributed by atoms with Crippen molar-refractivity contribution in [3.8, 4) is 17.2 Å². The molecule has 0 atom stereocenters. The van der Waals surface area contributed by atoms with Gasteiger partial charge in [0.1, 0.15) is 17.3 Å². The highest BCUT2D eigenvalue weighted by Gasteiger charge is 2.19. The van der Waals surface area contributed by atoms with E-state index in [0.29, 0.717) is 0 Å². The molecule has 0 aliphatic rings. The number of hydrogen-bond donors (Lipinski definition) is 1. The molecule has 2 rings (SSSR count). The zero-order chi connectivity index (χ0) is 14.0. The Labute approximate surface area is 112 Å². The summed E-state index contributed by atoms with van der Waals surface area (Å²) in [6.07, 6.45) is 0. The second kappa shape index (κ2) is 5.11. The van der Waals surface area contributed by atoms with Crippen LogP contribution in [-0.4, -0.2) is 10.0 Å². The summed E-state index contributed by atoms with van der Waals surface area (Å²) in [4.78, 5) is 10.1. The van der Waals surface area contributed by atoms with Gasteiger partial charge in [0.15, 0.2) is 0 Å². The summed E-state index contributed by atoms with van der Waals surface area (Å²) in [5.74, 6) is -1.06. The monoisotopic (exact) mass is 283 g/mol. The number of rotatable bonds is 3. The number of hydrogen-bond acceptors (Lipinski definition) is 4. The topological polar surface area (TPSA) is 72.6 Å². The van der Waals surface area contributed by atoms with Gasteiger partial charge in [-0.1, -0.05) is 17.7 Å². The number of nitro benzene ring substituents is 1. The van der Waals surface area contributed by atoms with E-state index in [1.165, 1.54) is 24.3 Å². The quantitative estimate of drug-likeness (QED) is 0.685. The maximum atomic E-state index is 13.3. The first-order valence-corrected chi connectivity index (χ1v) is 5.45. The molecular weight excluding hydrogens is 277 g/mol. The minimum Gasteiger partial charge on any atom is -0.508 e. The van der Waals surface area contributed by atoms with Gasteiger partial charge in [-0.05, 0) is 12.1 Å². The summed E-state index contributed by atoms with van der Waals surface area (Å²) < 4.78 is 18.5. The first kappa shape index (κ1) is 13.1. The van der Waals surface area contributed by atoms with Crippen molar-refractivity contribution < 1.29 is 19.2 Å². The number of nitro groups is 1. The Bertz CT molecular complexity index is 648. The molecule has 0 fully saturated rings. The van der Waals surface area contributed by atoms with Gasteiger partial charge in [-0.2, -0.15) is 0 Å². The van der Waals surface area contributed by atoms with E-state index in [9.17, 15) is 19.6 Å². The van der Waals surface area contributed by atoms with Crippen molar-refractivity contribution in [2.45, 2.75) is 0 Å². The van der Waals surface area contributed by atoms with Crippen LogP contribution in [0.15, 0.2) is 36.4 Å². The van der Waals surface area contributed by atoms with Crippen LogP contribution in [0.3, 0.4) is 0 Å². The normalized spacial score (nSPS) is 10.2. The fourth-order valence-corrected chi connectivity index (χ4v) is 1.57. The first-order valence-electron chi connectivity index (χ1n) is 5.07. The SMILES string of the molecule is O=[N+]([O-])c1cc(Cl)c(F)cc1Oc1cccc(O)c1. The number of benzene rings is 2. The molecule has 0 spiro atoms. The van der Waals surface area contributed by atoms with Crippen LogP contribution in [0.4, 0.5) is 10.1 Å². The molecule has 0 aliphatic heterocycles. The van der Waals surface area contributed by atoms with Crippen molar-refractivity contribution in [1.82, 2.24) is 0 Å².